The lowest BCUT2D eigenvalue weighted by molar-refractivity contribution is -0.135. The second-order valence-corrected chi connectivity index (χ2v) is 7.04. The molecule has 6 heteroatoms. The van der Waals surface area contributed by atoms with Crippen molar-refractivity contribution in [2.24, 2.45) is 5.92 Å². The average Bonchev–Trinajstić information content (AvgIpc) is 3.54. The van der Waals surface area contributed by atoms with Gasteiger partial charge in [0.25, 0.3) is 0 Å². The summed E-state index contributed by atoms with van der Waals surface area (Å²) >= 11 is 0. The molecule has 2 aromatic rings. The van der Waals surface area contributed by atoms with Crippen LogP contribution in [0.3, 0.4) is 0 Å². The lowest BCUT2D eigenvalue weighted by Gasteiger charge is -2.29. The van der Waals surface area contributed by atoms with Gasteiger partial charge in [0.2, 0.25) is 5.91 Å². The van der Waals surface area contributed by atoms with E-state index in [-0.39, 0.29) is 12.5 Å². The molecule has 0 aliphatic heterocycles. The van der Waals surface area contributed by atoms with Gasteiger partial charge in [-0.3, -0.25) is 4.79 Å². The molecule has 0 N–H and O–H groups in total. The highest BCUT2D eigenvalue weighted by molar-refractivity contribution is 5.77. The summed E-state index contributed by atoms with van der Waals surface area (Å²) in [5.41, 5.74) is 1.37. The van der Waals surface area contributed by atoms with Crippen LogP contribution in [0, 0.1) is 17.2 Å². The first-order valence-corrected chi connectivity index (χ1v) is 8.87. The van der Waals surface area contributed by atoms with Crippen LogP contribution in [0.2, 0.25) is 0 Å². The normalized spacial score (nSPS) is 17.8. The van der Waals surface area contributed by atoms with E-state index in [2.05, 4.69) is 28.0 Å². The molecule has 0 unspecified atom stereocenters. The molecule has 1 aromatic carbocycles. The summed E-state index contributed by atoms with van der Waals surface area (Å²) in [4.78, 5) is 19.3. The number of nitriles is 1. The smallest absolute Gasteiger partial charge is 0.244 e. The maximum absolute atomic E-state index is 13.0. The van der Waals surface area contributed by atoms with Crippen molar-refractivity contribution in [1.29, 1.82) is 5.26 Å². The number of hydrogen-bond donors (Lipinski definition) is 0. The van der Waals surface area contributed by atoms with E-state index in [1.54, 1.807) is 16.8 Å². The molecule has 25 heavy (non-hydrogen) atoms. The van der Waals surface area contributed by atoms with E-state index in [4.69, 9.17) is 5.26 Å². The minimum atomic E-state index is 0.116. The van der Waals surface area contributed by atoms with Crippen molar-refractivity contribution in [3.8, 4) is 17.5 Å². The Hall–Kier alpha value is -2.68. The molecule has 2 saturated carbocycles. The van der Waals surface area contributed by atoms with Gasteiger partial charge in [-0.25, -0.2) is 9.67 Å². The molecule has 1 aromatic heterocycles. The Morgan fingerprint density at radius 1 is 1.40 bits per heavy atom. The Morgan fingerprint density at radius 3 is 2.88 bits per heavy atom. The summed E-state index contributed by atoms with van der Waals surface area (Å²) < 4.78 is 1.65. The first-order chi connectivity index (χ1) is 12.2. The highest BCUT2D eigenvalue weighted by Gasteiger charge is 2.41. The number of nitrogens with zero attached hydrogens (tertiary/aromatic N) is 5. The van der Waals surface area contributed by atoms with Gasteiger partial charge in [-0.2, -0.15) is 10.4 Å². The standard InChI is InChI=1S/C19H21N5O/c1-13(15-5-6-15)24(17-7-8-17)18(25)11-23-19(21-12-22-23)16-4-2-3-14(9-16)10-20/h2-4,9,12-13,15,17H,5-8,11H2,1H3/t13-/m0/s1. The molecule has 6 nitrogen and oxygen atoms in total. The van der Waals surface area contributed by atoms with Crippen molar-refractivity contribution >= 4 is 5.91 Å². The molecule has 2 fully saturated rings. The second kappa shape index (κ2) is 6.32. The Balaban J connectivity index is 1.55. The van der Waals surface area contributed by atoms with Crippen LogP contribution in [0.4, 0.5) is 0 Å². The molecule has 2 aliphatic carbocycles. The van der Waals surface area contributed by atoms with Crippen LogP contribution < -0.4 is 0 Å². The van der Waals surface area contributed by atoms with Crippen LogP contribution in [-0.4, -0.2) is 37.7 Å². The van der Waals surface area contributed by atoms with Gasteiger partial charge in [-0.05, 0) is 50.7 Å². The van der Waals surface area contributed by atoms with Crippen molar-refractivity contribution < 1.29 is 4.79 Å². The maximum atomic E-state index is 13.0. The number of carbonyl (C=O) groups is 1. The molecule has 0 spiro atoms. The lowest BCUT2D eigenvalue weighted by Crippen LogP contribution is -2.43. The first-order valence-electron chi connectivity index (χ1n) is 8.87. The summed E-state index contributed by atoms with van der Waals surface area (Å²) in [6.45, 7) is 2.37. The SMILES string of the molecule is C[C@@H](C1CC1)N(C(=O)Cn1ncnc1-c1cccc(C#N)c1)C1CC1. The van der Waals surface area contributed by atoms with Crippen molar-refractivity contribution in [1.82, 2.24) is 19.7 Å². The van der Waals surface area contributed by atoms with E-state index < -0.39 is 0 Å². The third-order valence-corrected chi connectivity index (χ3v) is 5.12. The molecular weight excluding hydrogens is 314 g/mol. The molecule has 1 amide bonds. The van der Waals surface area contributed by atoms with Crippen molar-refractivity contribution in [3.63, 3.8) is 0 Å². The topological polar surface area (TPSA) is 74.8 Å². The zero-order chi connectivity index (χ0) is 17.4. The fourth-order valence-corrected chi connectivity index (χ4v) is 3.46. The Kier molecular flexibility index (Phi) is 4.00. The third-order valence-electron chi connectivity index (χ3n) is 5.12. The van der Waals surface area contributed by atoms with E-state index >= 15 is 0 Å². The summed E-state index contributed by atoms with van der Waals surface area (Å²) in [5, 5.41) is 13.3. The highest BCUT2D eigenvalue weighted by Crippen LogP contribution is 2.39. The predicted molar refractivity (Wildman–Crippen MR) is 92.2 cm³/mol. The lowest BCUT2D eigenvalue weighted by atomic mass is 10.1. The predicted octanol–water partition coefficient (Wildman–Crippen LogP) is 2.61. The van der Waals surface area contributed by atoms with Gasteiger partial charge < -0.3 is 4.90 Å². The van der Waals surface area contributed by atoms with Gasteiger partial charge in [-0.1, -0.05) is 12.1 Å². The maximum Gasteiger partial charge on any atom is 0.244 e. The van der Waals surface area contributed by atoms with Gasteiger partial charge in [0.05, 0.1) is 11.6 Å². The third kappa shape index (κ3) is 3.27. The molecule has 128 valence electrons. The van der Waals surface area contributed by atoms with E-state index in [0.29, 0.717) is 29.4 Å². The Labute approximate surface area is 147 Å². The number of hydrogen-bond acceptors (Lipinski definition) is 4. The molecule has 1 heterocycles. The zero-order valence-corrected chi connectivity index (χ0v) is 14.3. The van der Waals surface area contributed by atoms with Crippen LogP contribution in [0.15, 0.2) is 30.6 Å². The van der Waals surface area contributed by atoms with Crippen LogP contribution in [0.5, 0.6) is 0 Å². The van der Waals surface area contributed by atoms with E-state index in [1.165, 1.54) is 19.2 Å². The van der Waals surface area contributed by atoms with Crippen LogP contribution >= 0.6 is 0 Å². The van der Waals surface area contributed by atoms with E-state index in [9.17, 15) is 4.79 Å². The van der Waals surface area contributed by atoms with E-state index in [1.807, 2.05) is 12.1 Å². The van der Waals surface area contributed by atoms with Crippen molar-refractivity contribution in [3.05, 3.63) is 36.2 Å². The molecular formula is C19H21N5O. The van der Waals surface area contributed by atoms with E-state index in [0.717, 1.165) is 18.4 Å². The minimum Gasteiger partial charge on any atom is -0.335 e. The molecule has 0 radical (unpaired) electrons. The quantitative estimate of drug-likeness (QED) is 0.813. The molecule has 0 bridgehead atoms. The molecule has 4 rings (SSSR count). The fourth-order valence-electron chi connectivity index (χ4n) is 3.46. The largest absolute Gasteiger partial charge is 0.335 e. The van der Waals surface area contributed by atoms with Gasteiger partial charge in [0, 0.05) is 17.6 Å². The van der Waals surface area contributed by atoms with Gasteiger partial charge in [0.15, 0.2) is 5.82 Å². The summed E-state index contributed by atoms with van der Waals surface area (Å²) in [7, 11) is 0. The Morgan fingerprint density at radius 2 is 2.20 bits per heavy atom. The average molecular weight is 335 g/mol. The number of rotatable bonds is 6. The summed E-state index contributed by atoms with van der Waals surface area (Å²) in [6.07, 6.45) is 6.14. The monoisotopic (exact) mass is 335 g/mol. The van der Waals surface area contributed by atoms with Gasteiger partial charge >= 0.3 is 0 Å². The highest BCUT2D eigenvalue weighted by atomic mass is 16.2. The van der Waals surface area contributed by atoms with Crippen LogP contribution in [0.25, 0.3) is 11.4 Å². The van der Waals surface area contributed by atoms with Crippen LogP contribution in [-0.2, 0) is 11.3 Å². The molecule has 2 aliphatic rings. The van der Waals surface area contributed by atoms with Crippen molar-refractivity contribution in [2.45, 2.75) is 51.2 Å². The fraction of sp³-hybridized carbons (Fsp3) is 0.474. The Bertz CT molecular complexity index is 828. The van der Waals surface area contributed by atoms with Crippen LogP contribution in [0.1, 0.15) is 38.2 Å². The summed E-state index contributed by atoms with van der Waals surface area (Å²) in [5.74, 6) is 1.40. The van der Waals surface area contributed by atoms with Gasteiger partial charge in [-0.15, -0.1) is 0 Å². The first kappa shape index (κ1) is 15.8. The zero-order valence-electron chi connectivity index (χ0n) is 14.3. The number of benzene rings is 1. The van der Waals surface area contributed by atoms with Gasteiger partial charge in [0.1, 0.15) is 12.9 Å². The number of amides is 1. The summed E-state index contributed by atoms with van der Waals surface area (Å²) in [6, 6.07) is 10.1. The minimum absolute atomic E-state index is 0.116. The number of carbonyl (C=O) groups excluding carboxylic acids is 1. The van der Waals surface area contributed by atoms with Crippen molar-refractivity contribution in [2.75, 3.05) is 0 Å². The number of aromatic nitrogens is 3. The molecule has 1 atom stereocenters. The molecule has 0 saturated heterocycles. The second-order valence-electron chi connectivity index (χ2n) is 7.04.